The minimum Gasteiger partial charge on any atom is -0.483 e. The Hall–Kier alpha value is -3.37. The number of fused-ring (bicyclic) bond motifs is 1. The van der Waals surface area contributed by atoms with Crippen molar-refractivity contribution in [3.8, 4) is 16.3 Å². The molecule has 4 rings (SSSR count). The maximum Gasteiger partial charge on any atom is 0.264 e. The van der Waals surface area contributed by atoms with Gasteiger partial charge in [0.15, 0.2) is 17.5 Å². The van der Waals surface area contributed by atoms with Crippen LogP contribution in [0.4, 0.5) is 5.69 Å². The van der Waals surface area contributed by atoms with E-state index in [0.717, 1.165) is 39.0 Å². The van der Waals surface area contributed by atoms with Crippen LogP contribution in [-0.4, -0.2) is 37.4 Å². The Morgan fingerprint density at radius 2 is 1.94 bits per heavy atom. The Kier molecular flexibility index (Phi) is 6.19. The highest BCUT2D eigenvalue weighted by molar-refractivity contribution is 7.80. The van der Waals surface area contributed by atoms with Gasteiger partial charge in [-0.1, -0.05) is 36.5 Å². The second-order valence-corrected chi connectivity index (χ2v) is 8.07. The number of aryl methyl sites for hydroxylation is 2. The second-order valence-electron chi connectivity index (χ2n) is 6.71. The van der Waals surface area contributed by atoms with E-state index in [1.165, 1.54) is 11.3 Å². The number of aromatic nitrogens is 4. The van der Waals surface area contributed by atoms with Crippen LogP contribution in [-0.2, 0) is 11.2 Å². The normalized spacial score (nSPS) is 10.8. The SMILES string of the molecule is CCc1nnc2sc(-c3ccc(NC(=S)NC(=O)COc4ccccc4C)cc3)nn12. The molecule has 0 unspecified atom stereocenters. The molecule has 0 aliphatic heterocycles. The number of anilines is 1. The first-order valence-electron chi connectivity index (χ1n) is 9.64. The minimum absolute atomic E-state index is 0.119. The molecule has 2 N–H and O–H groups in total. The Balaban J connectivity index is 1.32. The molecular formula is C21H20N6O2S2. The number of carbonyl (C=O) groups is 1. The van der Waals surface area contributed by atoms with E-state index in [0.29, 0.717) is 5.75 Å². The molecule has 31 heavy (non-hydrogen) atoms. The quantitative estimate of drug-likeness (QED) is 0.432. The maximum atomic E-state index is 12.1. The van der Waals surface area contributed by atoms with Crippen molar-refractivity contribution in [2.24, 2.45) is 0 Å². The molecule has 158 valence electrons. The average molecular weight is 453 g/mol. The van der Waals surface area contributed by atoms with Crippen LogP contribution in [0.15, 0.2) is 48.5 Å². The van der Waals surface area contributed by atoms with Gasteiger partial charge >= 0.3 is 0 Å². The van der Waals surface area contributed by atoms with Gasteiger partial charge in [-0.25, -0.2) is 0 Å². The highest BCUT2D eigenvalue weighted by atomic mass is 32.1. The fourth-order valence-electron chi connectivity index (χ4n) is 2.88. The Labute approximate surface area is 188 Å². The van der Waals surface area contributed by atoms with E-state index < -0.39 is 0 Å². The summed E-state index contributed by atoms with van der Waals surface area (Å²) in [5.74, 6) is 1.18. The molecule has 0 spiro atoms. The molecule has 0 saturated carbocycles. The van der Waals surface area contributed by atoms with E-state index >= 15 is 0 Å². The third kappa shape index (κ3) is 4.86. The number of rotatable bonds is 6. The Morgan fingerprint density at radius 1 is 1.16 bits per heavy atom. The van der Waals surface area contributed by atoms with Gasteiger partial charge in [0.05, 0.1) is 0 Å². The van der Waals surface area contributed by atoms with Crippen LogP contribution < -0.4 is 15.4 Å². The number of nitrogens with one attached hydrogen (secondary N) is 2. The number of benzene rings is 2. The molecule has 2 heterocycles. The fourth-order valence-corrected chi connectivity index (χ4v) is 3.97. The summed E-state index contributed by atoms with van der Waals surface area (Å²) in [4.78, 5) is 12.9. The molecule has 0 bridgehead atoms. The molecular weight excluding hydrogens is 432 g/mol. The zero-order chi connectivity index (χ0) is 21.8. The van der Waals surface area contributed by atoms with Gasteiger partial charge in [-0.05, 0) is 55.0 Å². The number of hydrogen-bond donors (Lipinski definition) is 2. The van der Waals surface area contributed by atoms with Gasteiger partial charge in [0.1, 0.15) is 10.8 Å². The predicted octanol–water partition coefficient (Wildman–Crippen LogP) is 3.62. The molecule has 0 atom stereocenters. The van der Waals surface area contributed by atoms with E-state index in [-0.39, 0.29) is 17.6 Å². The molecule has 0 aliphatic rings. The number of para-hydroxylation sites is 1. The first-order valence-corrected chi connectivity index (χ1v) is 10.9. The predicted molar refractivity (Wildman–Crippen MR) is 125 cm³/mol. The van der Waals surface area contributed by atoms with Crippen molar-refractivity contribution in [1.82, 2.24) is 25.1 Å². The van der Waals surface area contributed by atoms with Crippen molar-refractivity contribution in [2.45, 2.75) is 20.3 Å². The molecule has 2 aromatic carbocycles. The lowest BCUT2D eigenvalue weighted by molar-refractivity contribution is -0.121. The van der Waals surface area contributed by atoms with Gasteiger partial charge in [0.25, 0.3) is 5.91 Å². The van der Waals surface area contributed by atoms with Crippen molar-refractivity contribution in [3.05, 3.63) is 59.9 Å². The summed E-state index contributed by atoms with van der Waals surface area (Å²) in [7, 11) is 0. The third-order valence-corrected chi connectivity index (χ3v) is 5.62. The molecule has 10 heteroatoms. The molecule has 0 aliphatic carbocycles. The van der Waals surface area contributed by atoms with Gasteiger partial charge in [-0.2, -0.15) is 9.61 Å². The monoisotopic (exact) mass is 452 g/mol. The minimum atomic E-state index is -0.330. The molecule has 2 aromatic heterocycles. The summed E-state index contributed by atoms with van der Waals surface area (Å²) in [5, 5.41) is 19.5. The maximum absolute atomic E-state index is 12.1. The van der Waals surface area contributed by atoms with E-state index in [2.05, 4.69) is 25.9 Å². The summed E-state index contributed by atoms with van der Waals surface area (Å²) >= 11 is 6.71. The van der Waals surface area contributed by atoms with Gasteiger partial charge in [0.2, 0.25) is 4.96 Å². The molecule has 0 saturated heterocycles. The molecule has 0 radical (unpaired) electrons. The molecule has 4 aromatic rings. The highest BCUT2D eigenvalue weighted by Gasteiger charge is 2.12. The van der Waals surface area contributed by atoms with Gasteiger partial charge in [0, 0.05) is 17.7 Å². The van der Waals surface area contributed by atoms with Crippen LogP contribution in [0.25, 0.3) is 15.5 Å². The van der Waals surface area contributed by atoms with Crippen molar-refractivity contribution in [2.75, 3.05) is 11.9 Å². The number of ether oxygens (including phenoxy) is 1. The Morgan fingerprint density at radius 3 is 2.68 bits per heavy atom. The average Bonchev–Trinajstić information content (AvgIpc) is 3.34. The van der Waals surface area contributed by atoms with E-state index in [1.807, 2.05) is 62.4 Å². The van der Waals surface area contributed by atoms with Crippen molar-refractivity contribution in [3.63, 3.8) is 0 Å². The summed E-state index contributed by atoms with van der Waals surface area (Å²) < 4.78 is 7.31. The van der Waals surface area contributed by atoms with Crippen molar-refractivity contribution in [1.29, 1.82) is 0 Å². The van der Waals surface area contributed by atoms with Crippen LogP contribution in [0.2, 0.25) is 0 Å². The lowest BCUT2D eigenvalue weighted by atomic mass is 10.2. The third-order valence-electron chi connectivity index (χ3n) is 4.47. The summed E-state index contributed by atoms with van der Waals surface area (Å²) in [6.07, 6.45) is 0.770. The van der Waals surface area contributed by atoms with Crippen LogP contribution in [0.5, 0.6) is 5.75 Å². The van der Waals surface area contributed by atoms with E-state index in [9.17, 15) is 4.79 Å². The number of amides is 1. The summed E-state index contributed by atoms with van der Waals surface area (Å²) in [6.45, 7) is 3.82. The molecule has 1 amide bonds. The lowest BCUT2D eigenvalue weighted by Crippen LogP contribution is -2.37. The lowest BCUT2D eigenvalue weighted by Gasteiger charge is -2.11. The summed E-state index contributed by atoms with van der Waals surface area (Å²) in [5.41, 5.74) is 2.68. The summed E-state index contributed by atoms with van der Waals surface area (Å²) in [6, 6.07) is 15.1. The molecule has 0 fully saturated rings. The first kappa shape index (κ1) is 20.9. The number of thiocarbonyl (C=S) groups is 1. The van der Waals surface area contributed by atoms with Crippen LogP contribution in [0.1, 0.15) is 18.3 Å². The zero-order valence-corrected chi connectivity index (χ0v) is 18.6. The number of carbonyl (C=O) groups excluding carboxylic acids is 1. The van der Waals surface area contributed by atoms with E-state index in [4.69, 9.17) is 17.0 Å². The van der Waals surface area contributed by atoms with Crippen molar-refractivity contribution < 1.29 is 9.53 Å². The van der Waals surface area contributed by atoms with Crippen molar-refractivity contribution >= 4 is 45.2 Å². The van der Waals surface area contributed by atoms with Gasteiger partial charge < -0.3 is 10.1 Å². The smallest absolute Gasteiger partial charge is 0.264 e. The topological polar surface area (TPSA) is 93.4 Å². The molecule has 8 nitrogen and oxygen atoms in total. The fraction of sp³-hybridized carbons (Fsp3) is 0.190. The van der Waals surface area contributed by atoms with Crippen LogP contribution >= 0.6 is 23.6 Å². The standard InChI is InChI=1S/C21H20N6O2S2/c1-3-17-24-25-21-27(17)26-19(31-21)14-8-10-15(11-9-14)22-20(30)23-18(28)12-29-16-7-5-4-6-13(16)2/h4-11H,3,12H2,1-2H3,(H2,22,23,28,30). The first-order chi connectivity index (χ1) is 15.0. The van der Waals surface area contributed by atoms with Gasteiger partial charge in [-0.3, -0.25) is 10.1 Å². The highest BCUT2D eigenvalue weighted by Crippen LogP contribution is 2.26. The van der Waals surface area contributed by atoms with Crippen LogP contribution in [0.3, 0.4) is 0 Å². The van der Waals surface area contributed by atoms with Gasteiger partial charge in [-0.15, -0.1) is 10.2 Å². The van der Waals surface area contributed by atoms with Crippen LogP contribution in [0, 0.1) is 6.92 Å². The number of hydrogen-bond acceptors (Lipinski definition) is 7. The van der Waals surface area contributed by atoms with E-state index in [1.54, 1.807) is 4.52 Å². The Bertz CT molecular complexity index is 1230. The number of nitrogens with zero attached hydrogens (tertiary/aromatic N) is 4. The zero-order valence-electron chi connectivity index (χ0n) is 17.0. The largest absolute Gasteiger partial charge is 0.483 e. The second kappa shape index (κ2) is 9.19.